The molecule has 2 aliphatic rings. The van der Waals surface area contributed by atoms with E-state index < -0.39 is 0 Å². The van der Waals surface area contributed by atoms with Gasteiger partial charge >= 0.3 is 0 Å². The third-order valence-electron chi connectivity index (χ3n) is 5.46. The Balaban J connectivity index is 1.60. The van der Waals surface area contributed by atoms with Crippen LogP contribution in [0.5, 0.6) is 0 Å². The lowest BCUT2D eigenvalue weighted by atomic mass is 9.55. The highest BCUT2D eigenvalue weighted by molar-refractivity contribution is 5.15. The monoisotopic (exact) mass is 288 g/mol. The van der Waals surface area contributed by atoms with E-state index in [1.807, 2.05) is 13.1 Å². The molecule has 1 heterocycles. The maximum absolute atomic E-state index is 6.02. The first-order valence-electron chi connectivity index (χ1n) is 8.51. The Kier molecular flexibility index (Phi) is 4.60. The van der Waals surface area contributed by atoms with E-state index in [2.05, 4.69) is 29.4 Å². The number of hydrogen-bond donors (Lipinski definition) is 1. The van der Waals surface area contributed by atoms with E-state index >= 15 is 0 Å². The second-order valence-corrected chi connectivity index (χ2v) is 6.71. The Hall–Kier alpha value is -0.930. The summed E-state index contributed by atoms with van der Waals surface area (Å²) in [6.07, 6.45) is 10.5. The van der Waals surface area contributed by atoms with Crippen LogP contribution in [-0.2, 0) is 11.3 Å². The molecule has 0 radical (unpaired) electrons. The molecule has 0 aliphatic heterocycles. The van der Waals surface area contributed by atoms with Gasteiger partial charge in [-0.15, -0.1) is 0 Å². The minimum absolute atomic E-state index is 0.409. The third-order valence-corrected chi connectivity index (χ3v) is 5.46. The van der Waals surface area contributed by atoms with Crippen molar-refractivity contribution in [1.29, 1.82) is 0 Å². The molecule has 1 spiro atoms. The molecule has 0 amide bonds. The summed E-state index contributed by atoms with van der Waals surface area (Å²) in [5.41, 5.74) is 2.78. The second-order valence-electron chi connectivity index (χ2n) is 6.71. The lowest BCUT2D eigenvalue weighted by Gasteiger charge is -2.58. The standard InChI is InChI=1S/C18H28N2O/c1-3-21-17-11-16(18(17)9-5-4-6-10-18)20-13-15-8-7-14(2)19-12-15/h7-8,12,16-17,20H,3-6,9-11,13H2,1-2H3. The van der Waals surface area contributed by atoms with Crippen molar-refractivity contribution in [1.82, 2.24) is 10.3 Å². The largest absolute Gasteiger partial charge is 0.378 e. The molecule has 1 aromatic rings. The highest BCUT2D eigenvalue weighted by atomic mass is 16.5. The van der Waals surface area contributed by atoms with Crippen LogP contribution in [0.25, 0.3) is 0 Å². The van der Waals surface area contributed by atoms with Gasteiger partial charge in [-0.1, -0.05) is 25.3 Å². The highest BCUT2D eigenvalue weighted by Crippen LogP contribution is 2.53. The van der Waals surface area contributed by atoms with Crippen molar-refractivity contribution in [3.8, 4) is 0 Å². The Labute approximate surface area is 128 Å². The number of aryl methyl sites for hydroxylation is 1. The van der Waals surface area contributed by atoms with Gasteiger partial charge in [0, 0.05) is 36.5 Å². The topological polar surface area (TPSA) is 34.1 Å². The van der Waals surface area contributed by atoms with Gasteiger partial charge in [0.25, 0.3) is 0 Å². The van der Waals surface area contributed by atoms with Crippen LogP contribution in [-0.4, -0.2) is 23.7 Å². The number of rotatable bonds is 5. The molecule has 0 bridgehead atoms. The van der Waals surface area contributed by atoms with Crippen molar-refractivity contribution in [2.24, 2.45) is 5.41 Å². The molecule has 0 aromatic carbocycles. The van der Waals surface area contributed by atoms with Crippen molar-refractivity contribution >= 4 is 0 Å². The van der Waals surface area contributed by atoms with Gasteiger partial charge in [-0.25, -0.2) is 0 Å². The summed E-state index contributed by atoms with van der Waals surface area (Å²) in [4.78, 5) is 4.38. The molecule has 2 unspecified atom stereocenters. The molecular formula is C18H28N2O. The molecule has 1 aromatic heterocycles. The average Bonchev–Trinajstić information content (AvgIpc) is 2.52. The van der Waals surface area contributed by atoms with Crippen LogP contribution in [0.2, 0.25) is 0 Å². The maximum atomic E-state index is 6.02. The summed E-state index contributed by atoms with van der Waals surface area (Å²) >= 11 is 0. The number of hydrogen-bond acceptors (Lipinski definition) is 3. The summed E-state index contributed by atoms with van der Waals surface area (Å²) in [6, 6.07) is 4.90. The fourth-order valence-electron chi connectivity index (χ4n) is 4.19. The summed E-state index contributed by atoms with van der Waals surface area (Å²) < 4.78 is 6.02. The van der Waals surface area contributed by atoms with E-state index in [1.165, 1.54) is 44.1 Å². The minimum Gasteiger partial charge on any atom is -0.378 e. The van der Waals surface area contributed by atoms with E-state index in [4.69, 9.17) is 4.74 Å². The van der Waals surface area contributed by atoms with Gasteiger partial charge in [0.05, 0.1) is 6.10 Å². The van der Waals surface area contributed by atoms with E-state index in [0.29, 0.717) is 17.6 Å². The molecule has 2 fully saturated rings. The summed E-state index contributed by atoms with van der Waals surface area (Å²) in [5.74, 6) is 0. The fraction of sp³-hybridized carbons (Fsp3) is 0.722. The van der Waals surface area contributed by atoms with Crippen molar-refractivity contribution in [3.05, 3.63) is 29.6 Å². The summed E-state index contributed by atoms with van der Waals surface area (Å²) in [5, 5.41) is 3.78. The zero-order chi connectivity index (χ0) is 14.7. The predicted molar refractivity (Wildman–Crippen MR) is 85.2 cm³/mol. The van der Waals surface area contributed by atoms with Gasteiger partial charge in [-0.3, -0.25) is 4.98 Å². The first-order valence-corrected chi connectivity index (χ1v) is 8.51. The average molecular weight is 288 g/mol. The van der Waals surface area contributed by atoms with Crippen LogP contribution in [0.4, 0.5) is 0 Å². The van der Waals surface area contributed by atoms with Gasteiger partial charge in [0.2, 0.25) is 0 Å². The molecule has 2 atom stereocenters. The molecular weight excluding hydrogens is 260 g/mol. The number of nitrogens with one attached hydrogen (secondary N) is 1. The Morgan fingerprint density at radius 1 is 1.29 bits per heavy atom. The van der Waals surface area contributed by atoms with Gasteiger partial charge in [0.15, 0.2) is 0 Å². The zero-order valence-corrected chi connectivity index (χ0v) is 13.4. The number of nitrogens with zero attached hydrogens (tertiary/aromatic N) is 1. The zero-order valence-electron chi connectivity index (χ0n) is 13.4. The van der Waals surface area contributed by atoms with E-state index in [9.17, 15) is 0 Å². The van der Waals surface area contributed by atoms with E-state index in [-0.39, 0.29) is 0 Å². The summed E-state index contributed by atoms with van der Waals surface area (Å²) in [6.45, 7) is 5.93. The van der Waals surface area contributed by atoms with Crippen LogP contribution in [0.1, 0.15) is 56.7 Å². The van der Waals surface area contributed by atoms with Gasteiger partial charge in [-0.05, 0) is 44.7 Å². The van der Waals surface area contributed by atoms with Gasteiger partial charge in [0.1, 0.15) is 0 Å². The molecule has 0 saturated heterocycles. The molecule has 3 nitrogen and oxygen atoms in total. The van der Waals surface area contributed by atoms with Crippen LogP contribution in [0, 0.1) is 12.3 Å². The normalized spacial score (nSPS) is 27.5. The van der Waals surface area contributed by atoms with Crippen LogP contribution < -0.4 is 5.32 Å². The van der Waals surface area contributed by atoms with Gasteiger partial charge in [-0.2, -0.15) is 0 Å². The van der Waals surface area contributed by atoms with Gasteiger partial charge < -0.3 is 10.1 Å². The minimum atomic E-state index is 0.409. The maximum Gasteiger partial charge on any atom is 0.0661 e. The number of aromatic nitrogens is 1. The second kappa shape index (κ2) is 6.45. The quantitative estimate of drug-likeness (QED) is 0.899. The van der Waals surface area contributed by atoms with Crippen molar-refractivity contribution in [3.63, 3.8) is 0 Å². The predicted octanol–water partition coefficient (Wildman–Crippen LogP) is 3.61. The molecule has 3 heteroatoms. The van der Waals surface area contributed by atoms with Crippen molar-refractivity contribution < 1.29 is 4.74 Å². The van der Waals surface area contributed by atoms with E-state index in [1.54, 1.807) is 0 Å². The molecule has 21 heavy (non-hydrogen) atoms. The van der Waals surface area contributed by atoms with Crippen molar-refractivity contribution in [2.45, 2.75) is 71.1 Å². The molecule has 116 valence electrons. The third kappa shape index (κ3) is 3.00. The first kappa shape index (κ1) is 15.0. The van der Waals surface area contributed by atoms with Crippen molar-refractivity contribution in [2.75, 3.05) is 6.61 Å². The lowest BCUT2D eigenvalue weighted by molar-refractivity contribution is -0.150. The van der Waals surface area contributed by atoms with E-state index in [0.717, 1.165) is 18.8 Å². The molecule has 1 N–H and O–H groups in total. The number of pyridine rings is 1. The Bertz CT molecular complexity index is 451. The summed E-state index contributed by atoms with van der Waals surface area (Å²) in [7, 11) is 0. The van der Waals surface area contributed by atoms with Crippen LogP contribution >= 0.6 is 0 Å². The van der Waals surface area contributed by atoms with Crippen LogP contribution in [0.3, 0.4) is 0 Å². The first-order chi connectivity index (χ1) is 10.2. The lowest BCUT2D eigenvalue weighted by Crippen LogP contribution is -2.64. The highest BCUT2D eigenvalue weighted by Gasteiger charge is 2.55. The Morgan fingerprint density at radius 3 is 2.76 bits per heavy atom. The van der Waals surface area contributed by atoms with Crippen LogP contribution in [0.15, 0.2) is 18.3 Å². The number of ether oxygens (including phenoxy) is 1. The fourth-order valence-corrected chi connectivity index (χ4v) is 4.19. The smallest absolute Gasteiger partial charge is 0.0661 e. The molecule has 3 rings (SSSR count). The Morgan fingerprint density at radius 2 is 2.10 bits per heavy atom. The SMILES string of the molecule is CCOC1CC(NCc2ccc(C)nc2)C12CCCCC2. The molecule has 2 aliphatic carbocycles. The molecule has 2 saturated carbocycles.